The lowest BCUT2D eigenvalue weighted by atomic mass is 10.2. The highest BCUT2D eigenvalue weighted by Gasteiger charge is 2.45. The van der Waals surface area contributed by atoms with Crippen LogP contribution in [0.5, 0.6) is 0 Å². The summed E-state index contributed by atoms with van der Waals surface area (Å²) < 4.78 is 0. The summed E-state index contributed by atoms with van der Waals surface area (Å²) >= 11 is 5.99. The second-order valence-corrected chi connectivity index (χ2v) is 6.26. The van der Waals surface area contributed by atoms with E-state index in [-0.39, 0.29) is 19.0 Å². The zero-order valence-electron chi connectivity index (χ0n) is 13.4. The molecule has 2 rings (SSSR count). The molecule has 7 nitrogen and oxygen atoms in total. The fourth-order valence-corrected chi connectivity index (χ4v) is 2.45. The lowest BCUT2D eigenvalue weighted by molar-refractivity contribution is -0.144. The number of amides is 5. The van der Waals surface area contributed by atoms with Crippen LogP contribution in [-0.2, 0) is 20.9 Å². The highest BCUT2D eigenvalue weighted by molar-refractivity contribution is 6.45. The van der Waals surface area contributed by atoms with E-state index in [1.54, 1.807) is 24.3 Å². The summed E-state index contributed by atoms with van der Waals surface area (Å²) in [7, 11) is 0. The Balaban J connectivity index is 1.96. The monoisotopic (exact) mass is 351 g/mol. The number of hydrogen-bond acceptors (Lipinski definition) is 4. The maximum atomic E-state index is 12.1. The van der Waals surface area contributed by atoms with Crippen molar-refractivity contribution in [2.24, 2.45) is 5.92 Å². The number of carbonyl (C=O) groups is 4. The van der Waals surface area contributed by atoms with Gasteiger partial charge in [0.1, 0.15) is 6.54 Å². The van der Waals surface area contributed by atoms with Crippen molar-refractivity contribution in [1.82, 2.24) is 15.1 Å². The minimum atomic E-state index is -0.978. The van der Waals surface area contributed by atoms with Gasteiger partial charge in [-0.1, -0.05) is 43.6 Å². The molecule has 0 unspecified atom stereocenters. The van der Waals surface area contributed by atoms with Gasteiger partial charge in [-0.2, -0.15) is 0 Å². The van der Waals surface area contributed by atoms with E-state index < -0.39 is 30.3 Å². The number of rotatable bonds is 6. The third-order valence-corrected chi connectivity index (χ3v) is 3.79. The number of hydrogen-bond donors (Lipinski definition) is 1. The summed E-state index contributed by atoms with van der Waals surface area (Å²) in [5, 5.41) is 3.08. The van der Waals surface area contributed by atoms with Crippen molar-refractivity contribution in [3.63, 3.8) is 0 Å². The van der Waals surface area contributed by atoms with Gasteiger partial charge in [-0.25, -0.2) is 9.69 Å². The number of carbonyl (C=O) groups excluding carboxylic acids is 4. The maximum Gasteiger partial charge on any atom is 0.334 e. The SMILES string of the molecule is CC(C)CN1C(=O)C(=O)N(CC(=O)NCc2ccccc2Cl)C1=O. The van der Waals surface area contributed by atoms with Crippen molar-refractivity contribution in [2.45, 2.75) is 20.4 Å². The maximum absolute atomic E-state index is 12.1. The first kappa shape index (κ1) is 17.9. The first-order valence-electron chi connectivity index (χ1n) is 7.48. The predicted octanol–water partition coefficient (Wildman–Crippen LogP) is 1.40. The first-order chi connectivity index (χ1) is 11.3. The molecule has 0 saturated carbocycles. The summed E-state index contributed by atoms with van der Waals surface area (Å²) in [4.78, 5) is 49.4. The zero-order valence-corrected chi connectivity index (χ0v) is 14.2. The lowest BCUT2D eigenvalue weighted by Gasteiger charge is -2.16. The molecule has 0 spiro atoms. The summed E-state index contributed by atoms with van der Waals surface area (Å²) in [5.74, 6) is -2.39. The molecule has 8 heteroatoms. The molecular weight excluding hydrogens is 334 g/mol. The molecule has 0 atom stereocenters. The highest BCUT2D eigenvalue weighted by Crippen LogP contribution is 2.15. The van der Waals surface area contributed by atoms with E-state index in [0.717, 1.165) is 4.90 Å². The molecule has 1 aromatic rings. The fourth-order valence-electron chi connectivity index (χ4n) is 2.25. The molecule has 5 amide bonds. The molecule has 1 aromatic carbocycles. The van der Waals surface area contributed by atoms with Crippen molar-refractivity contribution in [2.75, 3.05) is 13.1 Å². The largest absolute Gasteiger partial charge is 0.350 e. The van der Waals surface area contributed by atoms with Crippen molar-refractivity contribution in [3.8, 4) is 0 Å². The van der Waals surface area contributed by atoms with Gasteiger partial charge in [0.15, 0.2) is 0 Å². The van der Waals surface area contributed by atoms with Gasteiger partial charge in [0.25, 0.3) is 0 Å². The van der Waals surface area contributed by atoms with Crippen LogP contribution in [0.15, 0.2) is 24.3 Å². The summed E-state index contributed by atoms with van der Waals surface area (Å²) in [6.45, 7) is 3.45. The molecule has 0 aromatic heterocycles. The molecule has 128 valence electrons. The normalized spacial score (nSPS) is 14.8. The average Bonchev–Trinajstić information content (AvgIpc) is 2.72. The minimum absolute atomic E-state index is 0.0275. The molecule has 0 bridgehead atoms. The number of imide groups is 2. The Hall–Kier alpha value is -2.41. The second-order valence-electron chi connectivity index (χ2n) is 5.85. The minimum Gasteiger partial charge on any atom is -0.350 e. The van der Waals surface area contributed by atoms with Crippen LogP contribution < -0.4 is 5.32 Å². The standard InChI is InChI=1S/C16H18ClN3O4/c1-10(2)8-19-14(22)15(23)20(16(19)24)9-13(21)18-7-11-5-3-4-6-12(11)17/h3-6,10H,7-9H2,1-2H3,(H,18,21). The summed E-state index contributed by atoms with van der Waals surface area (Å²) in [6, 6.07) is 6.24. The topological polar surface area (TPSA) is 86.8 Å². The Morgan fingerprint density at radius 3 is 2.38 bits per heavy atom. The number of halogens is 1. The zero-order chi connectivity index (χ0) is 17.9. The fraction of sp³-hybridized carbons (Fsp3) is 0.375. The van der Waals surface area contributed by atoms with E-state index in [2.05, 4.69) is 5.32 Å². The van der Waals surface area contributed by atoms with Crippen LogP contribution in [0.25, 0.3) is 0 Å². The van der Waals surface area contributed by atoms with Crippen LogP contribution in [-0.4, -0.2) is 46.6 Å². The van der Waals surface area contributed by atoms with Crippen LogP contribution in [0.2, 0.25) is 5.02 Å². The molecule has 0 aliphatic carbocycles. The molecule has 1 saturated heterocycles. The van der Waals surface area contributed by atoms with E-state index in [0.29, 0.717) is 15.5 Å². The van der Waals surface area contributed by atoms with E-state index in [1.165, 1.54) is 0 Å². The molecule has 24 heavy (non-hydrogen) atoms. The third kappa shape index (κ3) is 3.91. The van der Waals surface area contributed by atoms with Gasteiger partial charge in [-0.05, 0) is 17.5 Å². The second kappa shape index (κ2) is 7.44. The Bertz CT molecular complexity index is 690. The average molecular weight is 352 g/mol. The number of nitrogens with zero attached hydrogens (tertiary/aromatic N) is 2. The number of urea groups is 1. The lowest BCUT2D eigenvalue weighted by Crippen LogP contribution is -2.41. The van der Waals surface area contributed by atoms with Gasteiger partial charge in [0, 0.05) is 18.1 Å². The Kier molecular flexibility index (Phi) is 5.56. The molecule has 1 fully saturated rings. The number of nitrogens with one attached hydrogen (secondary N) is 1. The molecule has 1 heterocycles. The van der Waals surface area contributed by atoms with Gasteiger partial charge in [-0.15, -0.1) is 0 Å². The van der Waals surface area contributed by atoms with E-state index in [4.69, 9.17) is 11.6 Å². The van der Waals surface area contributed by atoms with Crippen LogP contribution in [0.1, 0.15) is 19.4 Å². The van der Waals surface area contributed by atoms with E-state index in [1.807, 2.05) is 13.8 Å². The van der Waals surface area contributed by atoms with Crippen LogP contribution in [0.4, 0.5) is 4.79 Å². The highest BCUT2D eigenvalue weighted by atomic mass is 35.5. The smallest absolute Gasteiger partial charge is 0.334 e. The quantitative estimate of drug-likeness (QED) is 0.620. The molecular formula is C16H18ClN3O4. The van der Waals surface area contributed by atoms with Crippen molar-refractivity contribution >= 4 is 35.4 Å². The Labute approximate surface area is 144 Å². The first-order valence-corrected chi connectivity index (χ1v) is 7.86. The Morgan fingerprint density at radius 1 is 1.12 bits per heavy atom. The van der Waals surface area contributed by atoms with E-state index >= 15 is 0 Å². The molecule has 1 aliphatic heterocycles. The number of benzene rings is 1. The van der Waals surface area contributed by atoms with Crippen molar-refractivity contribution < 1.29 is 19.2 Å². The third-order valence-electron chi connectivity index (χ3n) is 3.42. The molecule has 0 radical (unpaired) electrons. The van der Waals surface area contributed by atoms with Gasteiger partial charge in [0.2, 0.25) is 5.91 Å². The summed E-state index contributed by atoms with van der Waals surface area (Å²) in [6.07, 6.45) is 0. The van der Waals surface area contributed by atoms with Crippen LogP contribution >= 0.6 is 11.6 Å². The summed E-state index contributed by atoms with van der Waals surface area (Å²) in [5.41, 5.74) is 0.712. The predicted molar refractivity (Wildman–Crippen MR) is 87.0 cm³/mol. The van der Waals surface area contributed by atoms with Gasteiger partial charge in [0.05, 0.1) is 0 Å². The van der Waals surface area contributed by atoms with Gasteiger partial charge < -0.3 is 5.32 Å². The van der Waals surface area contributed by atoms with E-state index in [9.17, 15) is 19.2 Å². The van der Waals surface area contributed by atoms with Crippen LogP contribution in [0, 0.1) is 5.92 Å². The van der Waals surface area contributed by atoms with Crippen LogP contribution in [0.3, 0.4) is 0 Å². The van der Waals surface area contributed by atoms with Gasteiger partial charge in [-0.3, -0.25) is 19.3 Å². The molecule has 1 aliphatic rings. The Morgan fingerprint density at radius 2 is 1.75 bits per heavy atom. The van der Waals surface area contributed by atoms with Crippen molar-refractivity contribution in [3.05, 3.63) is 34.9 Å². The van der Waals surface area contributed by atoms with Gasteiger partial charge >= 0.3 is 17.8 Å². The molecule has 1 N–H and O–H groups in total. The van der Waals surface area contributed by atoms with Crippen molar-refractivity contribution in [1.29, 1.82) is 0 Å².